The van der Waals surface area contributed by atoms with E-state index in [1.807, 2.05) is 18.3 Å². The lowest BCUT2D eigenvalue weighted by molar-refractivity contribution is 0.649. The van der Waals surface area contributed by atoms with Gasteiger partial charge in [-0.1, -0.05) is 30.3 Å². The van der Waals surface area contributed by atoms with Gasteiger partial charge in [0.15, 0.2) is 0 Å². The first-order valence-electron chi connectivity index (χ1n) is 6.19. The van der Waals surface area contributed by atoms with Crippen LogP contribution in [0.5, 0.6) is 0 Å². The highest BCUT2D eigenvalue weighted by Crippen LogP contribution is 2.31. The first kappa shape index (κ1) is 10.5. The lowest BCUT2D eigenvalue weighted by Gasteiger charge is -2.15. The van der Waals surface area contributed by atoms with E-state index in [4.69, 9.17) is 0 Å². The molecule has 17 heavy (non-hydrogen) atoms. The number of nitrogens with one attached hydrogen (secondary N) is 1. The summed E-state index contributed by atoms with van der Waals surface area (Å²) < 4.78 is 0. The molecule has 1 aromatic carbocycles. The molecule has 1 aliphatic heterocycles. The highest BCUT2D eigenvalue weighted by molar-refractivity contribution is 5.64. The van der Waals surface area contributed by atoms with E-state index in [1.54, 1.807) is 0 Å². The van der Waals surface area contributed by atoms with E-state index in [-0.39, 0.29) is 0 Å². The van der Waals surface area contributed by atoms with Crippen LogP contribution in [0.4, 0.5) is 0 Å². The van der Waals surface area contributed by atoms with E-state index in [0.717, 1.165) is 12.2 Å². The Balaban J connectivity index is 2.04. The quantitative estimate of drug-likeness (QED) is 0.847. The molecule has 0 bridgehead atoms. The Morgan fingerprint density at radius 3 is 2.71 bits per heavy atom. The maximum absolute atomic E-state index is 4.45. The molecule has 86 valence electrons. The van der Waals surface area contributed by atoms with Crippen molar-refractivity contribution in [3.63, 3.8) is 0 Å². The minimum absolute atomic E-state index is 0.494. The maximum atomic E-state index is 4.45. The molecule has 2 aromatic rings. The van der Waals surface area contributed by atoms with Crippen LogP contribution in [0, 0.1) is 0 Å². The third-order valence-electron chi connectivity index (χ3n) is 3.34. The van der Waals surface area contributed by atoms with Crippen molar-refractivity contribution in [2.24, 2.45) is 0 Å². The van der Waals surface area contributed by atoms with E-state index in [9.17, 15) is 0 Å². The summed E-state index contributed by atoms with van der Waals surface area (Å²) >= 11 is 0. The zero-order chi connectivity index (χ0) is 11.5. The van der Waals surface area contributed by atoms with Crippen molar-refractivity contribution in [3.05, 3.63) is 54.2 Å². The molecule has 1 unspecified atom stereocenters. The molecule has 0 aliphatic carbocycles. The van der Waals surface area contributed by atoms with Crippen LogP contribution in [0.15, 0.2) is 48.7 Å². The number of nitrogens with zero attached hydrogens (tertiary/aromatic N) is 1. The van der Waals surface area contributed by atoms with Crippen LogP contribution in [-0.4, -0.2) is 11.5 Å². The van der Waals surface area contributed by atoms with Gasteiger partial charge in [-0.3, -0.25) is 4.98 Å². The highest BCUT2D eigenvalue weighted by Gasteiger charge is 2.19. The average Bonchev–Trinajstić information content (AvgIpc) is 2.94. The summed E-state index contributed by atoms with van der Waals surface area (Å²) in [5.41, 5.74) is 3.70. The molecule has 1 aromatic heterocycles. The Morgan fingerprint density at radius 2 is 1.94 bits per heavy atom. The van der Waals surface area contributed by atoms with Crippen molar-refractivity contribution >= 4 is 0 Å². The SMILES string of the molecule is c1ccc(-c2ccccc2C2CCCN2)nc1. The van der Waals surface area contributed by atoms with Gasteiger partial charge in [0, 0.05) is 17.8 Å². The fourth-order valence-electron chi connectivity index (χ4n) is 2.51. The van der Waals surface area contributed by atoms with Crippen LogP contribution in [-0.2, 0) is 0 Å². The first-order chi connectivity index (χ1) is 8.45. The van der Waals surface area contributed by atoms with Crippen LogP contribution in [0.2, 0.25) is 0 Å². The fourth-order valence-corrected chi connectivity index (χ4v) is 2.51. The number of pyridine rings is 1. The Labute approximate surface area is 102 Å². The van der Waals surface area contributed by atoms with Crippen LogP contribution >= 0.6 is 0 Å². The van der Waals surface area contributed by atoms with Gasteiger partial charge < -0.3 is 5.32 Å². The predicted molar refractivity (Wildman–Crippen MR) is 69.7 cm³/mol. The molecule has 2 heteroatoms. The maximum Gasteiger partial charge on any atom is 0.0705 e. The van der Waals surface area contributed by atoms with Gasteiger partial charge in [0.25, 0.3) is 0 Å². The van der Waals surface area contributed by atoms with Gasteiger partial charge in [0.05, 0.1) is 5.69 Å². The van der Waals surface area contributed by atoms with E-state index < -0.39 is 0 Å². The average molecular weight is 224 g/mol. The Hall–Kier alpha value is -1.67. The molecule has 0 spiro atoms. The summed E-state index contributed by atoms with van der Waals surface area (Å²) in [7, 11) is 0. The zero-order valence-electron chi connectivity index (χ0n) is 9.76. The summed E-state index contributed by atoms with van der Waals surface area (Å²) in [6.07, 6.45) is 4.35. The van der Waals surface area contributed by atoms with Gasteiger partial charge in [0.1, 0.15) is 0 Å². The molecular weight excluding hydrogens is 208 g/mol. The molecule has 1 saturated heterocycles. The number of hydrogen-bond donors (Lipinski definition) is 1. The molecule has 1 N–H and O–H groups in total. The third kappa shape index (κ3) is 2.08. The van der Waals surface area contributed by atoms with Crippen LogP contribution in [0.3, 0.4) is 0 Å². The Morgan fingerprint density at radius 1 is 1.06 bits per heavy atom. The lowest BCUT2D eigenvalue weighted by atomic mass is 9.97. The highest BCUT2D eigenvalue weighted by atomic mass is 14.9. The Bertz CT molecular complexity index is 487. The predicted octanol–water partition coefficient (Wildman–Crippen LogP) is 3.17. The molecule has 2 nitrogen and oxygen atoms in total. The topological polar surface area (TPSA) is 24.9 Å². The number of benzene rings is 1. The normalized spacial score (nSPS) is 19.4. The molecule has 0 radical (unpaired) electrons. The summed E-state index contributed by atoms with van der Waals surface area (Å²) in [5, 5.41) is 3.56. The van der Waals surface area contributed by atoms with Crippen LogP contribution in [0.25, 0.3) is 11.3 Å². The second kappa shape index (κ2) is 4.68. The molecule has 1 aliphatic rings. The lowest BCUT2D eigenvalue weighted by Crippen LogP contribution is -2.13. The molecule has 1 atom stereocenters. The summed E-state index contributed by atoms with van der Waals surface area (Å²) in [6, 6.07) is 15.2. The summed E-state index contributed by atoms with van der Waals surface area (Å²) in [5.74, 6) is 0. The number of hydrogen-bond acceptors (Lipinski definition) is 2. The van der Waals surface area contributed by atoms with Crippen molar-refractivity contribution < 1.29 is 0 Å². The van der Waals surface area contributed by atoms with E-state index in [1.165, 1.54) is 24.0 Å². The van der Waals surface area contributed by atoms with E-state index in [2.05, 4.69) is 40.6 Å². The van der Waals surface area contributed by atoms with Crippen LogP contribution in [0.1, 0.15) is 24.4 Å². The van der Waals surface area contributed by atoms with Gasteiger partial charge in [-0.05, 0) is 37.1 Å². The van der Waals surface area contributed by atoms with E-state index >= 15 is 0 Å². The van der Waals surface area contributed by atoms with Gasteiger partial charge in [-0.25, -0.2) is 0 Å². The van der Waals surface area contributed by atoms with Gasteiger partial charge >= 0.3 is 0 Å². The Kier molecular flexibility index (Phi) is 2.88. The molecular formula is C15H16N2. The molecule has 1 fully saturated rings. The molecule has 2 heterocycles. The smallest absolute Gasteiger partial charge is 0.0705 e. The number of aromatic nitrogens is 1. The van der Waals surface area contributed by atoms with Crippen molar-refractivity contribution in [1.29, 1.82) is 0 Å². The van der Waals surface area contributed by atoms with Gasteiger partial charge in [-0.2, -0.15) is 0 Å². The van der Waals surface area contributed by atoms with Crippen molar-refractivity contribution in [2.75, 3.05) is 6.54 Å². The zero-order valence-corrected chi connectivity index (χ0v) is 9.76. The second-order valence-corrected chi connectivity index (χ2v) is 4.45. The van der Waals surface area contributed by atoms with Crippen molar-refractivity contribution in [2.45, 2.75) is 18.9 Å². The third-order valence-corrected chi connectivity index (χ3v) is 3.34. The van der Waals surface area contributed by atoms with Gasteiger partial charge in [0.2, 0.25) is 0 Å². The molecule has 0 amide bonds. The standard InChI is InChI=1S/C15H16N2/c1-2-7-13(15-9-5-11-17-15)12(6-1)14-8-3-4-10-16-14/h1-4,6-8,10,15,17H,5,9,11H2. The first-order valence-corrected chi connectivity index (χ1v) is 6.19. The largest absolute Gasteiger partial charge is 0.310 e. The summed E-state index contributed by atoms with van der Waals surface area (Å²) in [6.45, 7) is 1.13. The monoisotopic (exact) mass is 224 g/mol. The molecule has 3 rings (SSSR count). The van der Waals surface area contributed by atoms with Crippen molar-refractivity contribution in [1.82, 2.24) is 10.3 Å². The van der Waals surface area contributed by atoms with Crippen LogP contribution < -0.4 is 5.32 Å². The molecule has 0 saturated carbocycles. The summed E-state index contributed by atoms with van der Waals surface area (Å²) in [4.78, 5) is 4.45. The minimum atomic E-state index is 0.494. The second-order valence-electron chi connectivity index (χ2n) is 4.45. The van der Waals surface area contributed by atoms with E-state index in [0.29, 0.717) is 6.04 Å². The van der Waals surface area contributed by atoms with Gasteiger partial charge in [-0.15, -0.1) is 0 Å². The minimum Gasteiger partial charge on any atom is -0.310 e. The van der Waals surface area contributed by atoms with Crippen molar-refractivity contribution in [3.8, 4) is 11.3 Å². The fraction of sp³-hybridized carbons (Fsp3) is 0.267. The number of rotatable bonds is 2.